The van der Waals surface area contributed by atoms with Crippen molar-refractivity contribution < 1.29 is 8.42 Å². The fourth-order valence-corrected chi connectivity index (χ4v) is 3.04. The highest BCUT2D eigenvalue weighted by atomic mass is 35.5. The van der Waals surface area contributed by atoms with E-state index >= 15 is 0 Å². The topological polar surface area (TPSA) is 46.2 Å². The van der Waals surface area contributed by atoms with E-state index in [4.69, 9.17) is 11.6 Å². The molecule has 0 aliphatic rings. The fraction of sp³-hybridized carbons (Fsp3) is 0.143. The number of hydrogen-bond acceptors (Lipinski definition) is 2. The Balaban J connectivity index is 2.14. The number of benzene rings is 2. The molecule has 0 bridgehead atoms. The standard InChI is InChI=1S/C14H14ClNO2S/c1-11-4-2-5-12(8-11)10-16-19(17,18)14-7-3-6-13(15)9-14/h2-9,16H,10H2,1H3. The van der Waals surface area contributed by atoms with Gasteiger partial charge in [0, 0.05) is 11.6 Å². The molecule has 0 radical (unpaired) electrons. The van der Waals surface area contributed by atoms with Crippen LogP contribution in [0.3, 0.4) is 0 Å². The molecule has 3 nitrogen and oxygen atoms in total. The van der Waals surface area contributed by atoms with E-state index < -0.39 is 10.0 Å². The quantitative estimate of drug-likeness (QED) is 0.942. The zero-order chi connectivity index (χ0) is 13.9. The molecule has 19 heavy (non-hydrogen) atoms. The fourth-order valence-electron chi connectivity index (χ4n) is 1.72. The summed E-state index contributed by atoms with van der Waals surface area (Å²) >= 11 is 5.80. The van der Waals surface area contributed by atoms with Gasteiger partial charge in [-0.15, -0.1) is 0 Å². The van der Waals surface area contributed by atoms with Gasteiger partial charge in [-0.3, -0.25) is 0 Å². The van der Waals surface area contributed by atoms with Crippen LogP contribution in [-0.4, -0.2) is 8.42 Å². The van der Waals surface area contributed by atoms with Crippen LogP contribution in [0.25, 0.3) is 0 Å². The summed E-state index contributed by atoms with van der Waals surface area (Å²) in [4.78, 5) is 0.174. The van der Waals surface area contributed by atoms with E-state index in [9.17, 15) is 8.42 Å². The Morgan fingerprint density at radius 3 is 2.53 bits per heavy atom. The minimum atomic E-state index is -3.53. The molecule has 0 aliphatic heterocycles. The highest BCUT2D eigenvalue weighted by Crippen LogP contribution is 2.15. The second-order valence-corrected chi connectivity index (χ2v) is 6.47. The molecule has 0 atom stereocenters. The molecular weight excluding hydrogens is 282 g/mol. The van der Waals surface area contributed by atoms with Gasteiger partial charge in [0.2, 0.25) is 10.0 Å². The second-order valence-electron chi connectivity index (χ2n) is 4.27. The summed E-state index contributed by atoms with van der Waals surface area (Å²) in [6.07, 6.45) is 0. The first kappa shape index (κ1) is 14.1. The zero-order valence-corrected chi connectivity index (χ0v) is 12.0. The summed E-state index contributed by atoms with van der Waals surface area (Å²) < 4.78 is 26.7. The van der Waals surface area contributed by atoms with Crippen molar-refractivity contribution in [2.45, 2.75) is 18.4 Å². The smallest absolute Gasteiger partial charge is 0.207 e. The van der Waals surface area contributed by atoms with Gasteiger partial charge in [-0.2, -0.15) is 0 Å². The molecule has 0 spiro atoms. The van der Waals surface area contributed by atoms with E-state index in [1.807, 2.05) is 31.2 Å². The Labute approximate surface area is 118 Å². The first-order chi connectivity index (χ1) is 8.97. The monoisotopic (exact) mass is 295 g/mol. The molecule has 0 saturated heterocycles. The highest BCUT2D eigenvalue weighted by molar-refractivity contribution is 7.89. The first-order valence-corrected chi connectivity index (χ1v) is 7.64. The minimum absolute atomic E-state index is 0.174. The molecule has 2 aromatic carbocycles. The Bertz CT molecular complexity index is 683. The number of nitrogens with one attached hydrogen (secondary N) is 1. The SMILES string of the molecule is Cc1cccc(CNS(=O)(=O)c2cccc(Cl)c2)c1. The van der Waals surface area contributed by atoms with Gasteiger partial charge in [0.1, 0.15) is 0 Å². The molecule has 0 amide bonds. The Hall–Kier alpha value is -1.36. The molecule has 0 aromatic heterocycles. The molecule has 0 aliphatic carbocycles. The number of halogens is 1. The molecule has 1 N–H and O–H groups in total. The lowest BCUT2D eigenvalue weighted by molar-refractivity contribution is 0.581. The maximum Gasteiger partial charge on any atom is 0.240 e. The largest absolute Gasteiger partial charge is 0.240 e. The number of hydrogen-bond donors (Lipinski definition) is 1. The third-order valence-electron chi connectivity index (χ3n) is 2.66. The van der Waals surface area contributed by atoms with Gasteiger partial charge in [-0.05, 0) is 30.7 Å². The zero-order valence-electron chi connectivity index (χ0n) is 10.4. The van der Waals surface area contributed by atoms with Crippen LogP contribution in [0.1, 0.15) is 11.1 Å². The van der Waals surface area contributed by atoms with E-state index in [1.165, 1.54) is 12.1 Å². The van der Waals surface area contributed by atoms with Crippen molar-refractivity contribution in [1.82, 2.24) is 4.72 Å². The van der Waals surface area contributed by atoms with Gasteiger partial charge < -0.3 is 0 Å². The van der Waals surface area contributed by atoms with Crippen LogP contribution in [0, 0.1) is 6.92 Å². The van der Waals surface area contributed by atoms with Crippen molar-refractivity contribution in [3.8, 4) is 0 Å². The van der Waals surface area contributed by atoms with Crippen molar-refractivity contribution in [3.63, 3.8) is 0 Å². The lowest BCUT2D eigenvalue weighted by atomic mass is 10.1. The summed E-state index contributed by atoms with van der Waals surface area (Å²) in [5.74, 6) is 0. The van der Waals surface area contributed by atoms with Gasteiger partial charge >= 0.3 is 0 Å². The van der Waals surface area contributed by atoms with Gasteiger partial charge in [0.25, 0.3) is 0 Å². The summed E-state index contributed by atoms with van der Waals surface area (Å²) in [7, 11) is -3.53. The average molecular weight is 296 g/mol. The van der Waals surface area contributed by atoms with E-state index in [1.54, 1.807) is 12.1 Å². The van der Waals surface area contributed by atoms with Crippen LogP contribution < -0.4 is 4.72 Å². The normalized spacial score (nSPS) is 11.5. The van der Waals surface area contributed by atoms with Crippen LogP contribution in [0.5, 0.6) is 0 Å². The second kappa shape index (κ2) is 5.74. The Kier molecular flexibility index (Phi) is 4.24. The molecular formula is C14H14ClNO2S. The van der Waals surface area contributed by atoms with Crippen LogP contribution >= 0.6 is 11.6 Å². The van der Waals surface area contributed by atoms with Crippen LogP contribution in [0.15, 0.2) is 53.4 Å². The van der Waals surface area contributed by atoms with E-state index in [-0.39, 0.29) is 11.4 Å². The van der Waals surface area contributed by atoms with E-state index in [2.05, 4.69) is 4.72 Å². The first-order valence-electron chi connectivity index (χ1n) is 5.78. The van der Waals surface area contributed by atoms with Crippen LogP contribution in [-0.2, 0) is 16.6 Å². The Morgan fingerprint density at radius 1 is 1.11 bits per heavy atom. The number of sulfonamides is 1. The lowest BCUT2D eigenvalue weighted by Crippen LogP contribution is -2.23. The van der Waals surface area contributed by atoms with E-state index in [0.29, 0.717) is 5.02 Å². The molecule has 100 valence electrons. The van der Waals surface area contributed by atoms with Gasteiger partial charge in [-0.25, -0.2) is 13.1 Å². The van der Waals surface area contributed by atoms with Crippen molar-refractivity contribution in [2.24, 2.45) is 0 Å². The maximum absolute atomic E-state index is 12.1. The average Bonchev–Trinajstić information content (AvgIpc) is 2.37. The molecule has 0 heterocycles. The third-order valence-corrected chi connectivity index (χ3v) is 4.29. The van der Waals surface area contributed by atoms with Crippen molar-refractivity contribution in [2.75, 3.05) is 0 Å². The highest BCUT2D eigenvalue weighted by Gasteiger charge is 2.13. The van der Waals surface area contributed by atoms with Crippen LogP contribution in [0.4, 0.5) is 0 Å². The van der Waals surface area contributed by atoms with Gasteiger partial charge in [0.05, 0.1) is 4.90 Å². The predicted octanol–water partition coefficient (Wildman–Crippen LogP) is 3.13. The van der Waals surface area contributed by atoms with Gasteiger partial charge in [-0.1, -0.05) is 47.5 Å². The summed E-state index contributed by atoms with van der Waals surface area (Å²) in [6, 6.07) is 13.9. The van der Waals surface area contributed by atoms with E-state index in [0.717, 1.165) is 11.1 Å². The molecule has 0 saturated carbocycles. The predicted molar refractivity (Wildman–Crippen MR) is 76.7 cm³/mol. The summed E-state index contributed by atoms with van der Waals surface area (Å²) in [6.45, 7) is 2.23. The molecule has 0 fully saturated rings. The summed E-state index contributed by atoms with van der Waals surface area (Å²) in [5, 5.41) is 0.401. The molecule has 2 rings (SSSR count). The lowest BCUT2D eigenvalue weighted by Gasteiger charge is -2.07. The number of rotatable bonds is 4. The minimum Gasteiger partial charge on any atom is -0.207 e. The third kappa shape index (κ3) is 3.80. The molecule has 5 heteroatoms. The summed E-state index contributed by atoms with van der Waals surface area (Å²) in [5.41, 5.74) is 2.02. The van der Waals surface area contributed by atoms with Crippen molar-refractivity contribution >= 4 is 21.6 Å². The van der Waals surface area contributed by atoms with Gasteiger partial charge in [0.15, 0.2) is 0 Å². The van der Waals surface area contributed by atoms with Crippen molar-refractivity contribution in [1.29, 1.82) is 0 Å². The molecule has 0 unspecified atom stereocenters. The maximum atomic E-state index is 12.1. The molecule has 2 aromatic rings. The van der Waals surface area contributed by atoms with Crippen molar-refractivity contribution in [3.05, 3.63) is 64.7 Å². The Morgan fingerprint density at radius 2 is 1.84 bits per heavy atom. The van der Waals surface area contributed by atoms with Crippen LogP contribution in [0.2, 0.25) is 5.02 Å². The number of aryl methyl sites for hydroxylation is 1.